The highest BCUT2D eigenvalue weighted by molar-refractivity contribution is 5.88. The van der Waals surface area contributed by atoms with Crippen molar-refractivity contribution in [2.75, 3.05) is 0 Å². The number of ether oxygens (including phenoxy) is 1. The van der Waals surface area contributed by atoms with Crippen LogP contribution in [-0.2, 0) is 6.61 Å². The van der Waals surface area contributed by atoms with E-state index in [0.29, 0.717) is 12.4 Å². The Hall–Kier alpha value is -2.49. The van der Waals surface area contributed by atoms with Crippen LogP contribution in [0.3, 0.4) is 0 Å². The van der Waals surface area contributed by atoms with Crippen LogP contribution in [0, 0.1) is 13.8 Å². The zero-order chi connectivity index (χ0) is 14.7. The number of hydrogen-bond donors (Lipinski definition) is 2. The highest BCUT2D eigenvalue weighted by Gasteiger charge is 2.10. The second kappa shape index (κ2) is 5.65. The number of phenolic OH excluding ortho intramolecular Hbond substituents is 1. The van der Waals surface area contributed by atoms with E-state index < -0.39 is 5.97 Å². The van der Waals surface area contributed by atoms with Crippen LogP contribution in [0.1, 0.15) is 27.0 Å². The third kappa shape index (κ3) is 3.09. The van der Waals surface area contributed by atoms with Crippen molar-refractivity contribution in [3.8, 4) is 11.5 Å². The first-order valence-electron chi connectivity index (χ1n) is 6.22. The smallest absolute Gasteiger partial charge is 0.335 e. The van der Waals surface area contributed by atoms with Crippen LogP contribution in [0.5, 0.6) is 11.5 Å². The van der Waals surface area contributed by atoms with Crippen molar-refractivity contribution in [2.45, 2.75) is 20.5 Å². The molecular weight excluding hydrogens is 256 g/mol. The van der Waals surface area contributed by atoms with Crippen LogP contribution >= 0.6 is 0 Å². The molecule has 0 aliphatic carbocycles. The maximum Gasteiger partial charge on any atom is 0.335 e. The molecule has 0 aromatic heterocycles. The minimum atomic E-state index is -0.943. The molecule has 0 atom stereocenters. The van der Waals surface area contributed by atoms with Crippen LogP contribution in [0.4, 0.5) is 0 Å². The second-order valence-corrected chi connectivity index (χ2v) is 4.70. The minimum Gasteiger partial charge on any atom is -0.508 e. The molecule has 0 fully saturated rings. The van der Waals surface area contributed by atoms with Gasteiger partial charge in [0.2, 0.25) is 0 Å². The van der Waals surface area contributed by atoms with Gasteiger partial charge in [-0.2, -0.15) is 0 Å². The van der Waals surface area contributed by atoms with Gasteiger partial charge in [0.1, 0.15) is 18.1 Å². The van der Waals surface area contributed by atoms with Gasteiger partial charge in [0.25, 0.3) is 0 Å². The lowest BCUT2D eigenvalue weighted by molar-refractivity contribution is 0.0696. The summed E-state index contributed by atoms with van der Waals surface area (Å²) in [5.41, 5.74) is 2.78. The topological polar surface area (TPSA) is 66.8 Å². The molecule has 2 N–H and O–H groups in total. The minimum absolute atomic E-state index is 0.215. The van der Waals surface area contributed by atoms with Crippen LogP contribution in [0.15, 0.2) is 36.4 Å². The molecular formula is C16H16O4. The van der Waals surface area contributed by atoms with Crippen molar-refractivity contribution in [3.63, 3.8) is 0 Å². The Balaban J connectivity index is 2.17. The summed E-state index contributed by atoms with van der Waals surface area (Å²) in [6.45, 7) is 4.02. The van der Waals surface area contributed by atoms with Crippen LogP contribution in [0.25, 0.3) is 0 Å². The van der Waals surface area contributed by atoms with E-state index >= 15 is 0 Å². The summed E-state index contributed by atoms with van der Waals surface area (Å²) in [7, 11) is 0. The van der Waals surface area contributed by atoms with Crippen LogP contribution < -0.4 is 4.74 Å². The molecule has 20 heavy (non-hydrogen) atoms. The van der Waals surface area contributed by atoms with Crippen molar-refractivity contribution >= 4 is 5.97 Å². The lowest BCUT2D eigenvalue weighted by atomic mass is 10.1. The molecule has 4 heteroatoms. The molecule has 2 aromatic carbocycles. The van der Waals surface area contributed by atoms with Gasteiger partial charge in [-0.25, -0.2) is 4.79 Å². The molecule has 104 valence electrons. The number of hydrogen-bond acceptors (Lipinski definition) is 3. The van der Waals surface area contributed by atoms with E-state index in [4.69, 9.17) is 9.84 Å². The molecule has 0 bridgehead atoms. The van der Waals surface area contributed by atoms with E-state index in [1.165, 1.54) is 0 Å². The maximum atomic E-state index is 11.0. The van der Waals surface area contributed by atoms with Crippen molar-refractivity contribution in [2.24, 2.45) is 0 Å². The number of carboxylic acid groups (broad SMARTS) is 1. The van der Waals surface area contributed by atoms with Gasteiger partial charge in [-0.15, -0.1) is 0 Å². The van der Waals surface area contributed by atoms with Gasteiger partial charge in [-0.3, -0.25) is 0 Å². The molecule has 0 amide bonds. The lowest BCUT2D eigenvalue weighted by Gasteiger charge is -2.13. The van der Waals surface area contributed by atoms with Crippen LogP contribution in [-0.4, -0.2) is 16.2 Å². The molecule has 2 aromatic rings. The fourth-order valence-electron chi connectivity index (χ4n) is 2.05. The predicted molar refractivity (Wildman–Crippen MR) is 75.3 cm³/mol. The summed E-state index contributed by atoms with van der Waals surface area (Å²) in [5.74, 6) is -0.0312. The number of benzene rings is 2. The molecule has 0 aliphatic rings. The van der Waals surface area contributed by atoms with Gasteiger partial charge in [-0.1, -0.05) is 12.1 Å². The highest BCUT2D eigenvalue weighted by Crippen LogP contribution is 2.26. The molecule has 2 rings (SSSR count). The monoisotopic (exact) mass is 272 g/mol. The van der Waals surface area contributed by atoms with Crippen molar-refractivity contribution in [3.05, 3.63) is 58.7 Å². The normalized spacial score (nSPS) is 10.3. The highest BCUT2D eigenvalue weighted by atomic mass is 16.5. The summed E-state index contributed by atoms with van der Waals surface area (Å²) >= 11 is 0. The fourth-order valence-corrected chi connectivity index (χ4v) is 2.05. The van der Waals surface area contributed by atoms with E-state index in [1.807, 2.05) is 13.8 Å². The van der Waals surface area contributed by atoms with E-state index in [1.54, 1.807) is 36.4 Å². The Morgan fingerprint density at radius 2 is 1.65 bits per heavy atom. The Labute approximate surface area is 117 Å². The van der Waals surface area contributed by atoms with Gasteiger partial charge in [0, 0.05) is 0 Å². The van der Waals surface area contributed by atoms with Gasteiger partial charge < -0.3 is 14.9 Å². The summed E-state index contributed by atoms with van der Waals surface area (Å²) in [6.07, 6.45) is 0. The number of phenols is 1. The Morgan fingerprint density at radius 1 is 1.10 bits per heavy atom. The van der Waals surface area contributed by atoms with E-state index in [9.17, 15) is 9.90 Å². The number of aryl methyl sites for hydroxylation is 2. The van der Waals surface area contributed by atoms with Crippen LogP contribution in [0.2, 0.25) is 0 Å². The van der Waals surface area contributed by atoms with Gasteiger partial charge >= 0.3 is 5.97 Å². The van der Waals surface area contributed by atoms with Crippen molar-refractivity contribution < 1.29 is 19.7 Å². The molecule has 0 spiro atoms. The Kier molecular flexibility index (Phi) is 3.94. The largest absolute Gasteiger partial charge is 0.508 e. The van der Waals surface area contributed by atoms with E-state index in [0.717, 1.165) is 16.7 Å². The third-order valence-corrected chi connectivity index (χ3v) is 3.03. The fraction of sp³-hybridized carbons (Fsp3) is 0.188. The summed E-state index contributed by atoms with van der Waals surface area (Å²) in [4.78, 5) is 11.0. The quantitative estimate of drug-likeness (QED) is 0.896. The molecule has 4 nitrogen and oxygen atoms in total. The van der Waals surface area contributed by atoms with E-state index in [-0.39, 0.29) is 11.3 Å². The molecule has 0 unspecified atom stereocenters. The number of rotatable bonds is 4. The van der Waals surface area contributed by atoms with Gasteiger partial charge in [-0.05, 0) is 54.8 Å². The molecule has 0 saturated heterocycles. The average Bonchev–Trinajstić information content (AvgIpc) is 2.39. The first-order valence-corrected chi connectivity index (χ1v) is 6.22. The average molecular weight is 272 g/mol. The van der Waals surface area contributed by atoms with Gasteiger partial charge in [0.05, 0.1) is 5.56 Å². The standard InChI is InChI=1S/C16H16O4/c1-10-7-13(16(18)19)8-11(2)15(10)20-9-12-3-5-14(17)6-4-12/h3-8,17H,9H2,1-2H3,(H,18,19). The van der Waals surface area contributed by atoms with E-state index in [2.05, 4.69) is 0 Å². The van der Waals surface area contributed by atoms with Crippen molar-refractivity contribution in [1.82, 2.24) is 0 Å². The molecule has 0 aliphatic heterocycles. The van der Waals surface area contributed by atoms with Crippen molar-refractivity contribution in [1.29, 1.82) is 0 Å². The number of carboxylic acids is 1. The molecule has 0 radical (unpaired) electrons. The number of carbonyl (C=O) groups is 1. The summed E-state index contributed by atoms with van der Waals surface area (Å²) in [6, 6.07) is 9.97. The molecule has 0 heterocycles. The zero-order valence-corrected chi connectivity index (χ0v) is 11.4. The summed E-state index contributed by atoms with van der Waals surface area (Å²) in [5, 5.41) is 18.2. The Morgan fingerprint density at radius 3 is 2.15 bits per heavy atom. The SMILES string of the molecule is Cc1cc(C(=O)O)cc(C)c1OCc1ccc(O)cc1. The lowest BCUT2D eigenvalue weighted by Crippen LogP contribution is -2.02. The first-order chi connectivity index (χ1) is 9.47. The third-order valence-electron chi connectivity index (χ3n) is 3.03. The number of aromatic carboxylic acids is 1. The molecule has 0 saturated carbocycles. The number of aromatic hydroxyl groups is 1. The summed E-state index contributed by atoms with van der Waals surface area (Å²) < 4.78 is 5.75. The predicted octanol–water partition coefficient (Wildman–Crippen LogP) is 3.29. The second-order valence-electron chi connectivity index (χ2n) is 4.70. The Bertz CT molecular complexity index is 606. The van der Waals surface area contributed by atoms with Gasteiger partial charge in [0.15, 0.2) is 0 Å². The first kappa shape index (κ1) is 13.9. The zero-order valence-electron chi connectivity index (χ0n) is 11.4. The maximum absolute atomic E-state index is 11.0.